The first-order valence-corrected chi connectivity index (χ1v) is 8.44. The monoisotopic (exact) mass is 341 g/mol. The minimum Gasteiger partial charge on any atom is -0.374 e. The van der Waals surface area contributed by atoms with E-state index in [0.29, 0.717) is 26.2 Å². The van der Waals surface area contributed by atoms with Crippen molar-refractivity contribution >= 4 is 9.84 Å². The van der Waals surface area contributed by atoms with Crippen molar-refractivity contribution in [3.8, 4) is 0 Å². The largest absolute Gasteiger partial charge is 0.497 e. The predicted molar refractivity (Wildman–Crippen MR) is 73.0 cm³/mol. The van der Waals surface area contributed by atoms with Gasteiger partial charge in [0, 0.05) is 25.8 Å². The van der Waals surface area contributed by atoms with Gasteiger partial charge in [-0.05, 0) is 12.5 Å². The highest BCUT2D eigenvalue weighted by Gasteiger charge is 2.45. The van der Waals surface area contributed by atoms with Gasteiger partial charge in [0.05, 0.1) is 31.2 Å². The smallest absolute Gasteiger partial charge is 0.374 e. The third-order valence-electron chi connectivity index (χ3n) is 3.40. The van der Waals surface area contributed by atoms with Gasteiger partial charge >= 0.3 is 5.51 Å². The van der Waals surface area contributed by atoms with Crippen LogP contribution in [0.5, 0.6) is 0 Å². The van der Waals surface area contributed by atoms with E-state index in [0.717, 1.165) is 5.56 Å². The van der Waals surface area contributed by atoms with Crippen molar-refractivity contribution in [1.29, 1.82) is 0 Å². The fourth-order valence-electron chi connectivity index (χ4n) is 2.23. The van der Waals surface area contributed by atoms with Crippen molar-refractivity contribution in [2.24, 2.45) is 0 Å². The molecule has 6 nitrogen and oxygen atoms in total. The van der Waals surface area contributed by atoms with Crippen LogP contribution in [-0.4, -0.2) is 66.7 Å². The van der Waals surface area contributed by atoms with Crippen LogP contribution in [0.2, 0.25) is 0 Å². The number of hydrogen-bond acceptors (Lipinski definition) is 5. The summed E-state index contributed by atoms with van der Waals surface area (Å²) >= 11 is 0. The molecule has 22 heavy (non-hydrogen) atoms. The van der Waals surface area contributed by atoms with Gasteiger partial charge in [0.15, 0.2) is 0 Å². The maximum absolute atomic E-state index is 12.3. The van der Waals surface area contributed by atoms with Gasteiger partial charge in [-0.2, -0.15) is 18.3 Å². The van der Waals surface area contributed by atoms with Crippen molar-refractivity contribution in [1.82, 2.24) is 14.7 Å². The summed E-state index contributed by atoms with van der Waals surface area (Å²) < 4.78 is 66.3. The first-order valence-electron chi connectivity index (χ1n) is 6.79. The lowest BCUT2D eigenvalue weighted by molar-refractivity contribution is -0.0455. The number of rotatable bonds is 5. The number of hydrogen-bond donors (Lipinski definition) is 0. The molecule has 1 aromatic heterocycles. The fourth-order valence-corrected chi connectivity index (χ4v) is 2.96. The number of alkyl halides is 3. The highest BCUT2D eigenvalue weighted by molar-refractivity contribution is 7.92. The van der Waals surface area contributed by atoms with E-state index in [1.54, 1.807) is 15.8 Å². The van der Waals surface area contributed by atoms with Gasteiger partial charge in [-0.1, -0.05) is 0 Å². The van der Waals surface area contributed by atoms with Crippen LogP contribution in [-0.2, 0) is 21.1 Å². The average Bonchev–Trinajstić information content (AvgIpc) is 2.81. The molecule has 0 radical (unpaired) electrons. The molecule has 0 unspecified atom stereocenters. The Hall–Kier alpha value is -1.13. The second kappa shape index (κ2) is 6.55. The SMILES string of the molecule is Cc1cnn(C[C@@H]2CN(CCS(=O)(=O)C(F)(F)F)CCO2)c1. The molecule has 1 aliphatic heterocycles. The molecule has 0 aliphatic carbocycles. The molecule has 0 spiro atoms. The third-order valence-corrected chi connectivity index (χ3v) is 4.83. The molecule has 0 saturated carbocycles. The Labute approximate surface area is 126 Å². The van der Waals surface area contributed by atoms with E-state index in [2.05, 4.69) is 5.10 Å². The molecule has 126 valence electrons. The van der Waals surface area contributed by atoms with Gasteiger partial charge in [-0.25, -0.2) is 8.42 Å². The van der Waals surface area contributed by atoms with Crippen LogP contribution < -0.4 is 0 Å². The van der Waals surface area contributed by atoms with E-state index < -0.39 is 21.1 Å². The van der Waals surface area contributed by atoms with Gasteiger partial charge in [0.25, 0.3) is 0 Å². The highest BCUT2D eigenvalue weighted by Crippen LogP contribution is 2.24. The summed E-state index contributed by atoms with van der Waals surface area (Å²) in [6.45, 7) is 3.39. The summed E-state index contributed by atoms with van der Waals surface area (Å²) in [6.07, 6.45) is 3.33. The Balaban J connectivity index is 1.86. The maximum atomic E-state index is 12.3. The topological polar surface area (TPSA) is 64.4 Å². The number of aryl methyl sites for hydroxylation is 1. The Morgan fingerprint density at radius 1 is 1.45 bits per heavy atom. The molecule has 1 aromatic rings. The van der Waals surface area contributed by atoms with Crippen LogP contribution in [0.4, 0.5) is 13.2 Å². The Bertz CT molecular complexity index is 600. The predicted octanol–water partition coefficient (Wildman–Crippen LogP) is 0.827. The van der Waals surface area contributed by atoms with Crippen LogP contribution in [0, 0.1) is 6.92 Å². The van der Waals surface area contributed by atoms with Gasteiger partial charge in [0.1, 0.15) is 0 Å². The normalized spacial score (nSPS) is 21.2. The minimum atomic E-state index is -5.19. The zero-order valence-electron chi connectivity index (χ0n) is 12.1. The van der Waals surface area contributed by atoms with Crippen molar-refractivity contribution < 1.29 is 26.3 Å². The fraction of sp³-hybridized carbons (Fsp3) is 0.750. The van der Waals surface area contributed by atoms with E-state index in [1.165, 1.54) is 0 Å². The molecule has 10 heteroatoms. The molecular weight excluding hydrogens is 323 g/mol. The number of halogens is 3. The lowest BCUT2D eigenvalue weighted by Crippen LogP contribution is -2.46. The lowest BCUT2D eigenvalue weighted by Gasteiger charge is -2.32. The molecule has 1 atom stereocenters. The summed E-state index contributed by atoms with van der Waals surface area (Å²) in [4.78, 5) is 1.67. The van der Waals surface area contributed by atoms with Crippen molar-refractivity contribution in [3.05, 3.63) is 18.0 Å². The second-order valence-electron chi connectivity index (χ2n) is 5.30. The average molecular weight is 341 g/mol. The second-order valence-corrected chi connectivity index (χ2v) is 7.40. The van der Waals surface area contributed by atoms with Crippen molar-refractivity contribution in [2.45, 2.75) is 25.1 Å². The van der Waals surface area contributed by atoms with Gasteiger partial charge in [0.2, 0.25) is 9.84 Å². The van der Waals surface area contributed by atoms with E-state index in [1.807, 2.05) is 13.1 Å². The van der Waals surface area contributed by atoms with Crippen molar-refractivity contribution in [2.75, 3.05) is 32.0 Å². The number of aromatic nitrogens is 2. The standard InChI is InChI=1S/C12H18F3N3O3S/c1-10-6-16-18(7-10)9-11-8-17(2-4-21-11)3-5-22(19,20)12(13,14)15/h6-7,11H,2-5,8-9H2,1H3/t11-/m0/s1. The molecule has 1 aliphatic rings. The van der Waals surface area contributed by atoms with E-state index in [-0.39, 0.29) is 12.6 Å². The van der Waals surface area contributed by atoms with E-state index in [9.17, 15) is 21.6 Å². The minimum absolute atomic E-state index is 0.153. The lowest BCUT2D eigenvalue weighted by atomic mass is 10.2. The van der Waals surface area contributed by atoms with Gasteiger partial charge in [-0.15, -0.1) is 0 Å². The van der Waals surface area contributed by atoms with Crippen LogP contribution >= 0.6 is 0 Å². The summed E-state index contributed by atoms with van der Waals surface area (Å²) in [6, 6.07) is 0. The number of sulfone groups is 1. The van der Waals surface area contributed by atoms with Crippen LogP contribution in [0.25, 0.3) is 0 Å². The summed E-state index contributed by atoms with van der Waals surface area (Å²) in [5.74, 6) is -0.926. The van der Waals surface area contributed by atoms with Crippen LogP contribution in [0.15, 0.2) is 12.4 Å². The highest BCUT2D eigenvalue weighted by atomic mass is 32.2. The molecule has 2 rings (SSSR count). The van der Waals surface area contributed by atoms with E-state index >= 15 is 0 Å². The first kappa shape index (κ1) is 17.2. The Kier molecular flexibility index (Phi) is 5.13. The Morgan fingerprint density at radius 2 is 2.18 bits per heavy atom. The number of ether oxygens (including phenoxy) is 1. The molecule has 0 N–H and O–H groups in total. The molecule has 0 aromatic carbocycles. The summed E-state index contributed by atoms with van der Waals surface area (Å²) in [7, 11) is -5.07. The molecule has 0 amide bonds. The Morgan fingerprint density at radius 3 is 2.77 bits per heavy atom. The number of morpholine rings is 1. The molecule has 0 bridgehead atoms. The first-order chi connectivity index (χ1) is 10.2. The summed E-state index contributed by atoms with van der Waals surface area (Å²) in [5.41, 5.74) is -4.19. The van der Waals surface area contributed by atoms with Crippen molar-refractivity contribution in [3.63, 3.8) is 0 Å². The van der Waals surface area contributed by atoms with Gasteiger partial charge in [-0.3, -0.25) is 9.58 Å². The van der Waals surface area contributed by atoms with Crippen LogP contribution in [0.1, 0.15) is 5.56 Å². The van der Waals surface area contributed by atoms with E-state index in [4.69, 9.17) is 4.74 Å². The molecule has 2 heterocycles. The molecular formula is C12H18F3N3O3S. The molecule has 1 saturated heterocycles. The zero-order valence-corrected chi connectivity index (χ0v) is 12.9. The number of nitrogens with zero attached hydrogens (tertiary/aromatic N) is 3. The van der Waals surface area contributed by atoms with Crippen LogP contribution in [0.3, 0.4) is 0 Å². The quantitative estimate of drug-likeness (QED) is 0.794. The summed E-state index contributed by atoms with van der Waals surface area (Å²) in [5, 5.41) is 4.13. The van der Waals surface area contributed by atoms with Gasteiger partial charge < -0.3 is 4.74 Å². The third kappa shape index (κ3) is 4.43. The zero-order chi connectivity index (χ0) is 16.4. The molecule has 1 fully saturated rings. The maximum Gasteiger partial charge on any atom is 0.497 e.